The van der Waals surface area contributed by atoms with Crippen molar-refractivity contribution in [1.29, 1.82) is 0 Å². The summed E-state index contributed by atoms with van der Waals surface area (Å²) in [5.74, 6) is -0.814. The molecular formula is C18H15ClN4O. The van der Waals surface area contributed by atoms with E-state index in [0.717, 1.165) is 11.1 Å². The predicted octanol–water partition coefficient (Wildman–Crippen LogP) is 3.28. The average molecular weight is 339 g/mol. The lowest BCUT2D eigenvalue weighted by Gasteiger charge is -2.10. The number of amides is 1. The molecule has 6 heteroatoms. The van der Waals surface area contributed by atoms with E-state index in [1.807, 2.05) is 37.3 Å². The molecule has 0 aliphatic heterocycles. The zero-order chi connectivity index (χ0) is 17.3. The zero-order valence-corrected chi connectivity index (χ0v) is 13.7. The van der Waals surface area contributed by atoms with Crippen LogP contribution in [-0.2, 0) is 0 Å². The fourth-order valence-corrected chi connectivity index (χ4v) is 2.84. The molecule has 0 saturated heterocycles. The summed E-state index contributed by atoms with van der Waals surface area (Å²) < 4.78 is 0. The third-order valence-electron chi connectivity index (χ3n) is 3.60. The van der Waals surface area contributed by atoms with Crippen molar-refractivity contribution >= 4 is 34.4 Å². The van der Waals surface area contributed by atoms with Gasteiger partial charge in [-0.1, -0.05) is 41.9 Å². The van der Waals surface area contributed by atoms with Gasteiger partial charge in [0.15, 0.2) is 5.96 Å². The highest BCUT2D eigenvalue weighted by Gasteiger charge is 2.16. The van der Waals surface area contributed by atoms with E-state index in [1.165, 1.54) is 0 Å². The molecular weight excluding hydrogens is 324 g/mol. The first-order valence-electron chi connectivity index (χ1n) is 7.26. The summed E-state index contributed by atoms with van der Waals surface area (Å²) >= 11 is 6.14. The van der Waals surface area contributed by atoms with Gasteiger partial charge in [0.25, 0.3) is 5.91 Å². The van der Waals surface area contributed by atoms with Crippen LogP contribution >= 0.6 is 11.6 Å². The van der Waals surface area contributed by atoms with Gasteiger partial charge in [-0.05, 0) is 30.7 Å². The molecule has 0 radical (unpaired) electrons. The molecule has 0 unspecified atom stereocenters. The number of aliphatic imine (C=N–C) groups is 1. The van der Waals surface area contributed by atoms with Gasteiger partial charge in [-0.15, -0.1) is 0 Å². The van der Waals surface area contributed by atoms with E-state index in [0.29, 0.717) is 27.2 Å². The maximum absolute atomic E-state index is 12.5. The second kappa shape index (κ2) is 6.29. The number of nitrogens with zero attached hydrogens (tertiary/aromatic N) is 2. The van der Waals surface area contributed by atoms with Crippen LogP contribution in [0.25, 0.3) is 22.2 Å². The molecule has 120 valence electrons. The molecule has 0 atom stereocenters. The molecule has 2 aromatic carbocycles. The molecule has 5 nitrogen and oxygen atoms in total. The summed E-state index contributed by atoms with van der Waals surface area (Å²) in [7, 11) is 0. The van der Waals surface area contributed by atoms with E-state index >= 15 is 0 Å². The first-order chi connectivity index (χ1) is 11.5. The van der Waals surface area contributed by atoms with Gasteiger partial charge >= 0.3 is 0 Å². The smallest absolute Gasteiger partial charge is 0.280 e. The third-order valence-corrected chi connectivity index (χ3v) is 3.82. The van der Waals surface area contributed by atoms with Crippen LogP contribution in [0.4, 0.5) is 0 Å². The summed E-state index contributed by atoms with van der Waals surface area (Å²) in [6.45, 7) is 1.89. The molecule has 1 heterocycles. The predicted molar refractivity (Wildman–Crippen MR) is 97.1 cm³/mol. The van der Waals surface area contributed by atoms with Crippen molar-refractivity contribution in [1.82, 2.24) is 4.98 Å². The Morgan fingerprint density at radius 2 is 1.83 bits per heavy atom. The minimum Gasteiger partial charge on any atom is -0.370 e. The van der Waals surface area contributed by atoms with Gasteiger partial charge < -0.3 is 11.5 Å². The van der Waals surface area contributed by atoms with Gasteiger partial charge in [-0.3, -0.25) is 4.79 Å². The maximum atomic E-state index is 12.5. The number of guanidine groups is 1. The maximum Gasteiger partial charge on any atom is 0.280 e. The van der Waals surface area contributed by atoms with E-state index in [4.69, 9.17) is 23.1 Å². The molecule has 0 bridgehead atoms. The lowest BCUT2D eigenvalue weighted by atomic mass is 10.0. The first-order valence-corrected chi connectivity index (χ1v) is 7.64. The fourth-order valence-electron chi connectivity index (χ4n) is 2.57. The molecule has 1 aromatic heterocycles. The number of hydrogen-bond donors (Lipinski definition) is 2. The minimum absolute atomic E-state index is 0.287. The van der Waals surface area contributed by atoms with Crippen molar-refractivity contribution in [2.24, 2.45) is 16.5 Å². The van der Waals surface area contributed by atoms with Crippen LogP contribution in [0.3, 0.4) is 0 Å². The van der Waals surface area contributed by atoms with Crippen LogP contribution in [0.5, 0.6) is 0 Å². The van der Waals surface area contributed by atoms with Crippen LogP contribution in [0.2, 0.25) is 5.02 Å². The summed E-state index contributed by atoms with van der Waals surface area (Å²) in [5.41, 5.74) is 14.2. The van der Waals surface area contributed by atoms with Crippen molar-refractivity contribution in [3.8, 4) is 11.3 Å². The normalized spacial score (nSPS) is 10.6. The number of carbonyl (C=O) groups excluding carboxylic acids is 1. The lowest BCUT2D eigenvalue weighted by Crippen LogP contribution is -2.24. The lowest BCUT2D eigenvalue weighted by molar-refractivity contribution is 0.100. The number of benzene rings is 2. The molecule has 3 rings (SSSR count). The van der Waals surface area contributed by atoms with Gasteiger partial charge in [0.2, 0.25) is 0 Å². The van der Waals surface area contributed by atoms with Crippen molar-refractivity contribution in [3.05, 3.63) is 64.7 Å². The van der Waals surface area contributed by atoms with E-state index < -0.39 is 5.91 Å². The standard InChI is InChI=1S/C18H15ClN4O/c1-10-7-12(19)8-13-14(17(24)23-18(20)21)9-15(22-16(10)13)11-5-3-2-4-6-11/h2-9H,1H3,(H4,20,21,23,24). The second-order valence-corrected chi connectivity index (χ2v) is 5.82. The minimum atomic E-state index is -0.527. The van der Waals surface area contributed by atoms with Gasteiger partial charge in [-0.2, -0.15) is 4.99 Å². The van der Waals surface area contributed by atoms with Gasteiger partial charge in [0, 0.05) is 16.0 Å². The van der Waals surface area contributed by atoms with Crippen molar-refractivity contribution in [2.45, 2.75) is 6.92 Å². The Morgan fingerprint density at radius 1 is 1.12 bits per heavy atom. The Balaban J connectivity index is 2.34. The van der Waals surface area contributed by atoms with Crippen molar-refractivity contribution < 1.29 is 4.79 Å². The van der Waals surface area contributed by atoms with Crippen LogP contribution < -0.4 is 11.5 Å². The Morgan fingerprint density at radius 3 is 2.50 bits per heavy atom. The molecule has 0 aliphatic carbocycles. The average Bonchev–Trinajstić information content (AvgIpc) is 2.54. The van der Waals surface area contributed by atoms with Crippen molar-refractivity contribution in [3.63, 3.8) is 0 Å². The zero-order valence-electron chi connectivity index (χ0n) is 13.0. The fraction of sp³-hybridized carbons (Fsp3) is 0.0556. The highest BCUT2D eigenvalue weighted by atomic mass is 35.5. The number of nitrogens with two attached hydrogens (primary N) is 2. The summed E-state index contributed by atoms with van der Waals surface area (Å²) in [5, 5.41) is 1.14. The number of aryl methyl sites for hydroxylation is 1. The topological polar surface area (TPSA) is 94.4 Å². The number of rotatable bonds is 2. The highest BCUT2D eigenvalue weighted by Crippen LogP contribution is 2.29. The van der Waals surface area contributed by atoms with E-state index in [2.05, 4.69) is 9.98 Å². The summed E-state index contributed by atoms with van der Waals surface area (Å²) in [4.78, 5) is 20.8. The van der Waals surface area contributed by atoms with Crippen LogP contribution in [0.15, 0.2) is 53.5 Å². The Labute approximate surface area is 144 Å². The molecule has 0 aliphatic rings. The third kappa shape index (κ3) is 3.07. The molecule has 3 aromatic rings. The molecule has 1 amide bonds. The highest BCUT2D eigenvalue weighted by molar-refractivity contribution is 6.31. The quantitative estimate of drug-likeness (QED) is 0.553. The SMILES string of the molecule is Cc1cc(Cl)cc2c(C(=O)N=C(N)N)cc(-c3ccccc3)nc12. The number of pyridine rings is 1. The Kier molecular flexibility index (Phi) is 4.18. The van der Waals surface area contributed by atoms with Gasteiger partial charge in [0.1, 0.15) is 0 Å². The van der Waals surface area contributed by atoms with Crippen molar-refractivity contribution in [2.75, 3.05) is 0 Å². The molecule has 4 N–H and O–H groups in total. The van der Waals surface area contributed by atoms with Crippen LogP contribution in [0.1, 0.15) is 15.9 Å². The van der Waals surface area contributed by atoms with Gasteiger partial charge in [0.05, 0.1) is 16.8 Å². The Hall–Kier alpha value is -2.92. The number of hydrogen-bond acceptors (Lipinski definition) is 2. The van der Waals surface area contributed by atoms with Gasteiger partial charge in [-0.25, -0.2) is 4.98 Å². The molecule has 24 heavy (non-hydrogen) atoms. The molecule has 0 spiro atoms. The number of carbonyl (C=O) groups is 1. The van der Waals surface area contributed by atoms with Crippen LogP contribution in [0, 0.1) is 6.92 Å². The summed E-state index contributed by atoms with van der Waals surface area (Å²) in [6.07, 6.45) is 0. The number of halogens is 1. The first kappa shape index (κ1) is 16.0. The molecule has 0 fully saturated rings. The largest absolute Gasteiger partial charge is 0.370 e. The molecule has 0 saturated carbocycles. The second-order valence-electron chi connectivity index (χ2n) is 5.38. The number of aromatic nitrogens is 1. The van der Waals surface area contributed by atoms with E-state index in [1.54, 1.807) is 18.2 Å². The van der Waals surface area contributed by atoms with Crippen LogP contribution in [-0.4, -0.2) is 16.9 Å². The van der Waals surface area contributed by atoms with E-state index in [-0.39, 0.29) is 5.96 Å². The van der Waals surface area contributed by atoms with E-state index in [9.17, 15) is 4.79 Å². The Bertz CT molecular complexity index is 964. The summed E-state index contributed by atoms with van der Waals surface area (Å²) in [6, 6.07) is 14.8. The monoisotopic (exact) mass is 338 g/mol. The number of fused-ring (bicyclic) bond motifs is 1.